The molecule has 2 unspecified atom stereocenters. The molecule has 1 saturated carbocycles. The lowest BCUT2D eigenvalue weighted by Gasteiger charge is -2.47. The maximum Gasteiger partial charge on any atom is 0.222 e. The van der Waals surface area contributed by atoms with Crippen LogP contribution in [0.4, 0.5) is 0 Å². The van der Waals surface area contributed by atoms with Gasteiger partial charge in [-0.2, -0.15) is 5.26 Å². The Bertz CT molecular complexity index is 422. The predicted molar refractivity (Wildman–Crippen MR) is 61.9 cm³/mol. The zero-order valence-electron chi connectivity index (χ0n) is 10.6. The van der Waals surface area contributed by atoms with Crippen molar-refractivity contribution in [2.45, 2.75) is 45.1 Å². The molecule has 1 amide bonds. The van der Waals surface area contributed by atoms with Gasteiger partial charge >= 0.3 is 0 Å². The van der Waals surface area contributed by atoms with Crippen LogP contribution in [-0.2, 0) is 9.59 Å². The van der Waals surface area contributed by atoms with Gasteiger partial charge in [-0.05, 0) is 19.3 Å². The highest BCUT2D eigenvalue weighted by Gasteiger charge is 2.54. The van der Waals surface area contributed by atoms with Crippen molar-refractivity contribution in [3.8, 4) is 6.07 Å². The summed E-state index contributed by atoms with van der Waals surface area (Å²) in [5.74, 6) is -0.405. The molecule has 2 atom stereocenters. The van der Waals surface area contributed by atoms with Crippen molar-refractivity contribution in [2.24, 2.45) is 11.3 Å². The number of ketones is 1. The minimum atomic E-state index is -0.563. The smallest absolute Gasteiger partial charge is 0.222 e. The molecule has 1 aliphatic heterocycles. The molecule has 0 bridgehead atoms. The number of hydrogen-bond acceptors (Lipinski definition) is 3. The van der Waals surface area contributed by atoms with Gasteiger partial charge in [0.2, 0.25) is 5.91 Å². The normalized spacial score (nSPS) is 36.4. The monoisotopic (exact) mass is 234 g/mol. The third kappa shape index (κ3) is 1.65. The molecule has 0 aromatic rings. The summed E-state index contributed by atoms with van der Waals surface area (Å²) in [6.07, 6.45) is 2.50. The number of carbonyl (C=O) groups is 2. The summed E-state index contributed by atoms with van der Waals surface area (Å²) in [6.45, 7) is 3.77. The summed E-state index contributed by atoms with van der Waals surface area (Å²) in [7, 11) is 1.80. The second-order valence-electron chi connectivity index (χ2n) is 5.99. The molecule has 4 heteroatoms. The van der Waals surface area contributed by atoms with Gasteiger partial charge in [-0.1, -0.05) is 13.8 Å². The molecule has 1 saturated heterocycles. The summed E-state index contributed by atoms with van der Waals surface area (Å²) in [5, 5.41) is 9.12. The molecule has 4 nitrogen and oxygen atoms in total. The molecule has 0 N–H and O–H groups in total. The lowest BCUT2D eigenvalue weighted by Crippen LogP contribution is -2.54. The third-order valence-electron chi connectivity index (χ3n) is 4.38. The second kappa shape index (κ2) is 3.56. The Labute approximate surface area is 102 Å². The van der Waals surface area contributed by atoms with Crippen LogP contribution in [0.5, 0.6) is 0 Å². The van der Waals surface area contributed by atoms with E-state index in [1.165, 1.54) is 0 Å². The number of rotatable bonds is 0. The van der Waals surface area contributed by atoms with E-state index >= 15 is 0 Å². The van der Waals surface area contributed by atoms with Crippen LogP contribution in [0.3, 0.4) is 0 Å². The second-order valence-corrected chi connectivity index (χ2v) is 5.99. The fraction of sp³-hybridized carbons (Fsp3) is 0.769. The molecule has 1 aliphatic carbocycles. The van der Waals surface area contributed by atoms with Gasteiger partial charge in [-0.25, -0.2) is 0 Å². The molecule has 2 aliphatic rings. The highest BCUT2D eigenvalue weighted by Crippen LogP contribution is 2.48. The standard InChI is InChI=1S/C13H18N2O2/c1-12(2)8-13(5-4-10(16)15(13)3)6-9(7-14)11(12)17/h9H,4-6,8H2,1-3H3. The lowest BCUT2D eigenvalue weighted by molar-refractivity contribution is -0.141. The number of carbonyl (C=O) groups excluding carboxylic acids is 2. The van der Waals surface area contributed by atoms with Crippen LogP contribution in [-0.4, -0.2) is 29.2 Å². The summed E-state index contributed by atoms with van der Waals surface area (Å²) in [6, 6.07) is 2.11. The van der Waals surface area contributed by atoms with E-state index in [-0.39, 0.29) is 17.2 Å². The fourth-order valence-corrected chi connectivity index (χ4v) is 3.42. The molecule has 1 spiro atoms. The number of nitriles is 1. The number of likely N-dealkylation sites (tertiary alicyclic amines) is 1. The van der Waals surface area contributed by atoms with Gasteiger partial charge in [0.25, 0.3) is 0 Å². The predicted octanol–water partition coefficient (Wildman–Crippen LogP) is 1.51. The molecule has 2 rings (SSSR count). The van der Waals surface area contributed by atoms with Crippen LogP contribution in [0.25, 0.3) is 0 Å². The lowest BCUT2D eigenvalue weighted by atomic mass is 9.62. The molecule has 17 heavy (non-hydrogen) atoms. The molecule has 0 radical (unpaired) electrons. The van der Waals surface area contributed by atoms with Gasteiger partial charge in [0.05, 0.1) is 6.07 Å². The van der Waals surface area contributed by atoms with E-state index in [4.69, 9.17) is 5.26 Å². The summed E-state index contributed by atoms with van der Waals surface area (Å²) in [4.78, 5) is 25.5. The van der Waals surface area contributed by atoms with Crippen LogP contribution in [0, 0.1) is 22.7 Å². The van der Waals surface area contributed by atoms with Crippen molar-refractivity contribution in [1.82, 2.24) is 4.90 Å². The third-order valence-corrected chi connectivity index (χ3v) is 4.38. The van der Waals surface area contributed by atoms with Crippen molar-refractivity contribution >= 4 is 11.7 Å². The SMILES string of the molecule is CN1C(=O)CCC12CC(C#N)C(=O)C(C)(C)C2. The minimum Gasteiger partial charge on any atom is -0.340 e. The van der Waals surface area contributed by atoms with Crippen molar-refractivity contribution in [2.75, 3.05) is 7.05 Å². The number of amides is 1. The van der Waals surface area contributed by atoms with Crippen molar-refractivity contribution in [1.29, 1.82) is 5.26 Å². The average Bonchev–Trinajstić information content (AvgIpc) is 2.52. The Morgan fingerprint density at radius 3 is 2.53 bits per heavy atom. The van der Waals surface area contributed by atoms with E-state index in [1.54, 1.807) is 11.9 Å². The maximum atomic E-state index is 12.1. The van der Waals surface area contributed by atoms with Crippen molar-refractivity contribution in [3.05, 3.63) is 0 Å². The zero-order valence-corrected chi connectivity index (χ0v) is 10.6. The van der Waals surface area contributed by atoms with Gasteiger partial charge in [-0.3, -0.25) is 9.59 Å². The first-order chi connectivity index (χ1) is 7.82. The first-order valence-electron chi connectivity index (χ1n) is 6.03. The maximum absolute atomic E-state index is 12.1. The van der Waals surface area contributed by atoms with E-state index in [0.29, 0.717) is 19.3 Å². The Hall–Kier alpha value is -1.37. The van der Waals surface area contributed by atoms with Gasteiger partial charge in [0, 0.05) is 24.4 Å². The van der Waals surface area contributed by atoms with E-state index in [1.807, 2.05) is 13.8 Å². The molecule has 0 aromatic carbocycles. The average molecular weight is 234 g/mol. The Kier molecular flexibility index (Phi) is 2.53. The van der Waals surface area contributed by atoms with Crippen LogP contribution >= 0.6 is 0 Å². The summed E-state index contributed by atoms with van der Waals surface area (Å²) in [5.41, 5.74) is -0.771. The summed E-state index contributed by atoms with van der Waals surface area (Å²) >= 11 is 0. The molecular weight excluding hydrogens is 216 g/mol. The molecule has 92 valence electrons. The number of hydrogen-bond donors (Lipinski definition) is 0. The fourth-order valence-electron chi connectivity index (χ4n) is 3.42. The van der Waals surface area contributed by atoms with Crippen molar-refractivity contribution in [3.63, 3.8) is 0 Å². The summed E-state index contributed by atoms with van der Waals surface area (Å²) < 4.78 is 0. The minimum absolute atomic E-state index is 0.0263. The zero-order chi connectivity index (χ0) is 12.8. The van der Waals surface area contributed by atoms with Gasteiger partial charge in [-0.15, -0.1) is 0 Å². The van der Waals surface area contributed by atoms with Crippen LogP contribution < -0.4 is 0 Å². The van der Waals surface area contributed by atoms with Crippen molar-refractivity contribution < 1.29 is 9.59 Å². The number of Topliss-reactive ketones (excluding diaryl/α,β-unsaturated/α-hetero) is 1. The van der Waals surface area contributed by atoms with Gasteiger partial charge < -0.3 is 4.90 Å². The van der Waals surface area contributed by atoms with Gasteiger partial charge in [0.1, 0.15) is 5.92 Å². The van der Waals surface area contributed by atoms with Gasteiger partial charge in [0.15, 0.2) is 5.78 Å². The first kappa shape index (κ1) is 12.1. The largest absolute Gasteiger partial charge is 0.340 e. The van der Waals surface area contributed by atoms with E-state index in [2.05, 4.69) is 6.07 Å². The van der Waals surface area contributed by atoms with E-state index in [0.717, 1.165) is 6.42 Å². The Balaban J connectivity index is 2.37. The van der Waals surface area contributed by atoms with Crippen LogP contribution in [0.2, 0.25) is 0 Å². The number of nitrogens with zero attached hydrogens (tertiary/aromatic N) is 2. The Morgan fingerprint density at radius 1 is 1.41 bits per heavy atom. The highest BCUT2D eigenvalue weighted by molar-refractivity contribution is 5.90. The van der Waals surface area contributed by atoms with E-state index < -0.39 is 11.3 Å². The topological polar surface area (TPSA) is 61.2 Å². The van der Waals surface area contributed by atoms with Crippen LogP contribution in [0.15, 0.2) is 0 Å². The molecule has 0 aromatic heterocycles. The molecular formula is C13H18N2O2. The quantitative estimate of drug-likeness (QED) is 0.638. The van der Waals surface area contributed by atoms with E-state index in [9.17, 15) is 9.59 Å². The molecule has 1 heterocycles. The molecule has 2 fully saturated rings. The van der Waals surface area contributed by atoms with Crippen LogP contribution in [0.1, 0.15) is 39.5 Å². The first-order valence-corrected chi connectivity index (χ1v) is 6.03. The Morgan fingerprint density at radius 2 is 2.06 bits per heavy atom. The highest BCUT2D eigenvalue weighted by atomic mass is 16.2.